The largest absolute Gasteiger partial charge is 0.323 e. The number of aromatic nitrogens is 2. The average Bonchev–Trinajstić information content (AvgIpc) is 3.19. The van der Waals surface area contributed by atoms with Crippen LogP contribution < -0.4 is 5.32 Å². The van der Waals surface area contributed by atoms with E-state index in [-0.39, 0.29) is 17.5 Å². The van der Waals surface area contributed by atoms with Gasteiger partial charge in [-0.3, -0.25) is 14.3 Å². The van der Waals surface area contributed by atoms with Gasteiger partial charge in [0.05, 0.1) is 23.3 Å². The number of hydrogen-bond donors (Lipinski definition) is 1. The van der Waals surface area contributed by atoms with Crippen molar-refractivity contribution >= 4 is 38.6 Å². The SMILES string of the molecule is O=C(Nc1ccc(F)cc1F)C1CCN(Cc2nc3ccccc3n2-c2cccc(Br)c2)CC1. The number of imidazole rings is 1. The lowest BCUT2D eigenvalue weighted by Crippen LogP contribution is -2.38. The van der Waals surface area contributed by atoms with Crippen molar-refractivity contribution in [3.8, 4) is 5.69 Å². The number of fused-ring (bicyclic) bond motifs is 1. The lowest BCUT2D eigenvalue weighted by molar-refractivity contribution is -0.121. The van der Waals surface area contributed by atoms with E-state index in [1.54, 1.807) is 0 Å². The molecule has 34 heavy (non-hydrogen) atoms. The first kappa shape index (κ1) is 22.7. The zero-order chi connectivity index (χ0) is 23.7. The Labute approximate surface area is 204 Å². The van der Waals surface area contributed by atoms with E-state index in [1.165, 1.54) is 6.07 Å². The predicted octanol–water partition coefficient (Wildman–Crippen LogP) is 5.92. The van der Waals surface area contributed by atoms with Crippen LogP contribution in [-0.4, -0.2) is 33.4 Å². The maximum absolute atomic E-state index is 13.9. The Hall–Kier alpha value is -3.10. The highest BCUT2D eigenvalue weighted by atomic mass is 79.9. The quantitative estimate of drug-likeness (QED) is 0.352. The van der Waals surface area contributed by atoms with Crippen LogP contribution in [0.3, 0.4) is 0 Å². The minimum atomic E-state index is -0.766. The molecule has 5 nitrogen and oxygen atoms in total. The van der Waals surface area contributed by atoms with E-state index in [1.807, 2.05) is 30.3 Å². The Morgan fingerprint density at radius 3 is 2.59 bits per heavy atom. The van der Waals surface area contributed by atoms with Crippen molar-refractivity contribution in [2.24, 2.45) is 5.92 Å². The van der Waals surface area contributed by atoms with Gasteiger partial charge in [0, 0.05) is 22.1 Å². The lowest BCUT2D eigenvalue weighted by atomic mass is 9.95. The molecule has 0 atom stereocenters. The second kappa shape index (κ2) is 9.64. The highest BCUT2D eigenvalue weighted by Gasteiger charge is 2.27. The van der Waals surface area contributed by atoms with Crippen molar-refractivity contribution in [3.05, 3.63) is 88.7 Å². The summed E-state index contributed by atoms with van der Waals surface area (Å²) in [6.07, 6.45) is 1.32. The van der Waals surface area contributed by atoms with Gasteiger partial charge in [0.2, 0.25) is 5.91 Å². The van der Waals surface area contributed by atoms with Crippen molar-refractivity contribution in [3.63, 3.8) is 0 Å². The minimum absolute atomic E-state index is 0.0107. The number of para-hydroxylation sites is 2. The van der Waals surface area contributed by atoms with Crippen LogP contribution in [0.2, 0.25) is 0 Å². The number of piperidine rings is 1. The Bertz CT molecular complexity index is 1350. The van der Waals surface area contributed by atoms with E-state index in [9.17, 15) is 13.6 Å². The van der Waals surface area contributed by atoms with Crippen molar-refractivity contribution in [1.82, 2.24) is 14.5 Å². The summed E-state index contributed by atoms with van der Waals surface area (Å²) < 4.78 is 30.2. The van der Waals surface area contributed by atoms with E-state index < -0.39 is 11.6 Å². The molecule has 0 bridgehead atoms. The molecule has 1 amide bonds. The molecule has 1 aromatic heterocycles. The smallest absolute Gasteiger partial charge is 0.227 e. The van der Waals surface area contributed by atoms with Crippen molar-refractivity contribution in [1.29, 1.82) is 0 Å². The number of rotatable bonds is 5. The first-order valence-corrected chi connectivity index (χ1v) is 12.0. The molecule has 1 saturated heterocycles. The monoisotopic (exact) mass is 524 g/mol. The van der Waals surface area contributed by atoms with E-state index in [0.29, 0.717) is 19.4 Å². The number of likely N-dealkylation sites (tertiary alicyclic amines) is 1. The number of amides is 1. The third kappa shape index (κ3) is 4.74. The first-order chi connectivity index (χ1) is 16.5. The molecule has 0 spiro atoms. The molecule has 1 aliphatic rings. The maximum atomic E-state index is 13.9. The van der Waals surface area contributed by atoms with E-state index >= 15 is 0 Å². The van der Waals surface area contributed by atoms with Crippen LogP contribution in [0.1, 0.15) is 18.7 Å². The van der Waals surface area contributed by atoms with Crippen LogP contribution in [0.25, 0.3) is 16.7 Å². The van der Waals surface area contributed by atoms with Gasteiger partial charge < -0.3 is 5.32 Å². The summed E-state index contributed by atoms with van der Waals surface area (Å²) in [5.74, 6) is -0.943. The highest BCUT2D eigenvalue weighted by Crippen LogP contribution is 2.27. The molecule has 2 heterocycles. The van der Waals surface area contributed by atoms with Gasteiger partial charge in [0.1, 0.15) is 17.5 Å². The standard InChI is InChI=1S/C26H23BrF2N4O/c27-18-4-3-5-20(14-18)33-24-7-2-1-6-23(24)30-25(33)16-32-12-10-17(11-13-32)26(34)31-22-9-8-19(28)15-21(22)29/h1-9,14-15,17H,10-13,16H2,(H,31,34). The Morgan fingerprint density at radius 1 is 1.03 bits per heavy atom. The highest BCUT2D eigenvalue weighted by molar-refractivity contribution is 9.10. The van der Waals surface area contributed by atoms with Crippen LogP contribution in [0.15, 0.2) is 71.2 Å². The fourth-order valence-corrected chi connectivity index (χ4v) is 4.85. The van der Waals surface area contributed by atoms with Crippen LogP contribution in [0.5, 0.6) is 0 Å². The van der Waals surface area contributed by atoms with Gasteiger partial charge in [-0.05, 0) is 68.4 Å². The third-order valence-corrected chi connectivity index (χ3v) is 6.70. The molecule has 1 aliphatic heterocycles. The fraction of sp³-hybridized carbons (Fsp3) is 0.231. The van der Waals surface area contributed by atoms with Crippen molar-refractivity contribution in [2.75, 3.05) is 18.4 Å². The number of halogens is 3. The van der Waals surface area contributed by atoms with Gasteiger partial charge >= 0.3 is 0 Å². The second-order valence-corrected chi connectivity index (χ2v) is 9.41. The second-order valence-electron chi connectivity index (χ2n) is 8.50. The topological polar surface area (TPSA) is 50.2 Å². The molecular formula is C26H23BrF2N4O. The molecule has 0 saturated carbocycles. The molecular weight excluding hydrogens is 502 g/mol. The summed E-state index contributed by atoms with van der Waals surface area (Å²) in [6, 6.07) is 19.4. The summed E-state index contributed by atoms with van der Waals surface area (Å²) in [4.78, 5) is 19.8. The van der Waals surface area contributed by atoms with Gasteiger partial charge in [-0.2, -0.15) is 0 Å². The normalized spacial score (nSPS) is 15.0. The third-order valence-electron chi connectivity index (χ3n) is 6.21. The number of benzene rings is 3. The molecule has 1 N–H and O–H groups in total. The molecule has 3 aromatic carbocycles. The summed E-state index contributed by atoms with van der Waals surface area (Å²) in [5, 5.41) is 2.61. The van der Waals surface area contributed by atoms with Gasteiger partial charge in [-0.15, -0.1) is 0 Å². The zero-order valence-electron chi connectivity index (χ0n) is 18.3. The van der Waals surface area contributed by atoms with E-state index in [0.717, 1.165) is 52.2 Å². The Balaban J connectivity index is 1.29. The first-order valence-electron chi connectivity index (χ1n) is 11.2. The average molecular weight is 525 g/mol. The minimum Gasteiger partial charge on any atom is -0.323 e. The Morgan fingerprint density at radius 2 is 1.82 bits per heavy atom. The van der Waals surface area contributed by atoms with Crippen molar-refractivity contribution in [2.45, 2.75) is 19.4 Å². The number of hydrogen-bond acceptors (Lipinski definition) is 3. The molecule has 0 radical (unpaired) electrons. The summed E-state index contributed by atoms with van der Waals surface area (Å²) in [6.45, 7) is 2.11. The van der Waals surface area contributed by atoms with Crippen LogP contribution in [0.4, 0.5) is 14.5 Å². The van der Waals surface area contributed by atoms with Gasteiger partial charge in [0.25, 0.3) is 0 Å². The van der Waals surface area contributed by atoms with Crippen LogP contribution >= 0.6 is 15.9 Å². The summed E-state index contributed by atoms with van der Waals surface area (Å²) >= 11 is 3.56. The number of carbonyl (C=O) groups is 1. The van der Waals surface area contributed by atoms with Gasteiger partial charge in [-0.25, -0.2) is 13.8 Å². The number of nitrogens with one attached hydrogen (secondary N) is 1. The molecule has 8 heteroatoms. The molecule has 0 unspecified atom stereocenters. The maximum Gasteiger partial charge on any atom is 0.227 e. The fourth-order valence-electron chi connectivity index (χ4n) is 4.46. The molecule has 1 fully saturated rings. The lowest BCUT2D eigenvalue weighted by Gasteiger charge is -2.31. The Kier molecular flexibility index (Phi) is 6.43. The molecule has 5 rings (SSSR count). The van der Waals surface area contributed by atoms with E-state index in [4.69, 9.17) is 4.98 Å². The van der Waals surface area contributed by atoms with Gasteiger partial charge in [-0.1, -0.05) is 34.1 Å². The number of nitrogens with zero attached hydrogens (tertiary/aromatic N) is 3. The van der Waals surface area contributed by atoms with E-state index in [2.05, 4.69) is 48.9 Å². The number of anilines is 1. The van der Waals surface area contributed by atoms with Crippen molar-refractivity contribution < 1.29 is 13.6 Å². The summed E-state index contributed by atoms with van der Waals surface area (Å²) in [5.41, 5.74) is 3.03. The predicted molar refractivity (Wildman–Crippen MR) is 132 cm³/mol. The number of carbonyl (C=O) groups excluding carboxylic acids is 1. The van der Waals surface area contributed by atoms with Crippen LogP contribution in [-0.2, 0) is 11.3 Å². The molecule has 174 valence electrons. The van der Waals surface area contributed by atoms with Gasteiger partial charge in [0.15, 0.2) is 0 Å². The van der Waals surface area contributed by atoms with Crippen LogP contribution in [0, 0.1) is 17.6 Å². The zero-order valence-corrected chi connectivity index (χ0v) is 19.9. The summed E-state index contributed by atoms with van der Waals surface area (Å²) in [7, 11) is 0. The molecule has 0 aliphatic carbocycles. The molecule has 4 aromatic rings.